The first kappa shape index (κ1) is 15.9. The molecule has 1 amide bonds. The van der Waals surface area contributed by atoms with Gasteiger partial charge in [-0.2, -0.15) is 5.10 Å². The van der Waals surface area contributed by atoms with Crippen molar-refractivity contribution in [3.8, 4) is 0 Å². The molecule has 1 aromatic rings. The molecule has 21 heavy (non-hydrogen) atoms. The number of nitrogens with zero attached hydrogens (tertiary/aromatic N) is 1. The van der Waals surface area contributed by atoms with E-state index in [1.807, 2.05) is 32.0 Å². The van der Waals surface area contributed by atoms with E-state index in [0.717, 1.165) is 33.3 Å². The van der Waals surface area contributed by atoms with Crippen LogP contribution in [0.4, 0.5) is 0 Å². The van der Waals surface area contributed by atoms with Crippen molar-refractivity contribution >= 4 is 34.2 Å². The van der Waals surface area contributed by atoms with Gasteiger partial charge in [0.1, 0.15) is 0 Å². The van der Waals surface area contributed by atoms with Gasteiger partial charge < -0.3 is 0 Å². The fraction of sp³-hybridized carbons (Fsp3) is 0.294. The van der Waals surface area contributed by atoms with Crippen LogP contribution in [0.1, 0.15) is 37.0 Å². The van der Waals surface area contributed by atoms with Crippen molar-refractivity contribution < 1.29 is 4.79 Å². The molecule has 0 saturated carbocycles. The molecule has 0 heterocycles. The van der Waals surface area contributed by atoms with Crippen molar-refractivity contribution in [2.45, 2.75) is 26.7 Å². The Morgan fingerprint density at radius 3 is 2.81 bits per heavy atom. The summed E-state index contributed by atoms with van der Waals surface area (Å²) in [7, 11) is 0. The van der Waals surface area contributed by atoms with Crippen LogP contribution in [0.2, 0.25) is 0 Å². The molecule has 1 aliphatic carbocycles. The summed E-state index contributed by atoms with van der Waals surface area (Å²) in [5, 5.41) is 4.32. The highest BCUT2D eigenvalue weighted by Gasteiger charge is 2.19. The Kier molecular flexibility index (Phi) is 5.33. The largest absolute Gasteiger partial charge is 0.272 e. The lowest BCUT2D eigenvalue weighted by Gasteiger charge is -2.22. The standard InChI is InChI=1S/C17H19IN2O/c1-11(2)13-9-8-12(3)16(10-13)19-20-17(21)14-6-4-5-7-15(14)18/h4-8,13H,1,9-10H2,2-3H3,(H,20,21)/b19-16-/t13-/m0/s1. The maximum Gasteiger partial charge on any atom is 0.272 e. The smallest absolute Gasteiger partial charge is 0.267 e. The van der Waals surface area contributed by atoms with Crippen LogP contribution in [0, 0.1) is 9.49 Å². The average Bonchev–Trinajstić information content (AvgIpc) is 2.46. The monoisotopic (exact) mass is 394 g/mol. The third-order valence-corrected chi connectivity index (χ3v) is 4.65. The molecule has 110 valence electrons. The maximum atomic E-state index is 12.2. The number of halogens is 1. The van der Waals surface area contributed by atoms with E-state index in [1.165, 1.54) is 0 Å². The fourth-order valence-electron chi connectivity index (χ4n) is 2.25. The van der Waals surface area contributed by atoms with E-state index < -0.39 is 0 Å². The number of carbonyl (C=O) groups excluding carboxylic acids is 1. The zero-order chi connectivity index (χ0) is 15.4. The van der Waals surface area contributed by atoms with E-state index in [9.17, 15) is 4.79 Å². The van der Waals surface area contributed by atoms with Crippen molar-refractivity contribution in [1.29, 1.82) is 0 Å². The second-order valence-corrected chi connectivity index (χ2v) is 6.51. The van der Waals surface area contributed by atoms with Crippen LogP contribution in [-0.2, 0) is 0 Å². The first-order chi connectivity index (χ1) is 9.99. The van der Waals surface area contributed by atoms with E-state index in [0.29, 0.717) is 11.5 Å². The second kappa shape index (κ2) is 7.02. The van der Waals surface area contributed by atoms with Gasteiger partial charge in [-0.15, -0.1) is 0 Å². The molecular formula is C17H19IN2O. The molecule has 0 fully saturated rings. The van der Waals surface area contributed by atoms with Crippen molar-refractivity contribution in [2.24, 2.45) is 11.0 Å². The third kappa shape index (κ3) is 4.03. The Balaban J connectivity index is 2.12. The molecule has 4 heteroatoms. The molecule has 0 aromatic heterocycles. The van der Waals surface area contributed by atoms with Gasteiger partial charge >= 0.3 is 0 Å². The van der Waals surface area contributed by atoms with Crippen LogP contribution in [0.5, 0.6) is 0 Å². The van der Waals surface area contributed by atoms with Crippen LogP contribution < -0.4 is 5.43 Å². The summed E-state index contributed by atoms with van der Waals surface area (Å²) >= 11 is 2.15. The van der Waals surface area contributed by atoms with E-state index in [-0.39, 0.29) is 5.91 Å². The highest BCUT2D eigenvalue weighted by atomic mass is 127. The minimum Gasteiger partial charge on any atom is -0.267 e. The molecule has 3 nitrogen and oxygen atoms in total. The fourth-order valence-corrected chi connectivity index (χ4v) is 2.88. The van der Waals surface area contributed by atoms with Gasteiger partial charge in [0.25, 0.3) is 5.91 Å². The summed E-state index contributed by atoms with van der Waals surface area (Å²) in [5.41, 5.74) is 6.56. The first-order valence-corrected chi connectivity index (χ1v) is 8.01. The molecular weight excluding hydrogens is 375 g/mol. The number of hydrogen-bond acceptors (Lipinski definition) is 2. The van der Waals surface area contributed by atoms with Crippen LogP contribution in [0.3, 0.4) is 0 Å². The van der Waals surface area contributed by atoms with E-state index in [1.54, 1.807) is 6.07 Å². The number of nitrogens with one attached hydrogen (secondary N) is 1. The molecule has 0 saturated heterocycles. The summed E-state index contributed by atoms with van der Waals surface area (Å²) in [6.07, 6.45) is 4.01. The van der Waals surface area contributed by atoms with Gasteiger partial charge in [0.2, 0.25) is 0 Å². The number of benzene rings is 1. The summed E-state index contributed by atoms with van der Waals surface area (Å²) in [4.78, 5) is 12.2. The summed E-state index contributed by atoms with van der Waals surface area (Å²) in [6, 6.07) is 7.48. The Labute approximate surface area is 139 Å². The molecule has 0 unspecified atom stereocenters. The molecule has 2 rings (SSSR count). The van der Waals surface area contributed by atoms with Crippen LogP contribution in [0.25, 0.3) is 0 Å². The van der Waals surface area contributed by atoms with Crippen LogP contribution >= 0.6 is 22.6 Å². The molecule has 0 radical (unpaired) electrons. The molecule has 1 aliphatic rings. The lowest BCUT2D eigenvalue weighted by molar-refractivity contribution is 0.0954. The average molecular weight is 394 g/mol. The van der Waals surface area contributed by atoms with Gasteiger partial charge in [-0.25, -0.2) is 5.43 Å². The predicted octanol–water partition coefficient (Wildman–Crippen LogP) is 4.31. The van der Waals surface area contributed by atoms with Gasteiger partial charge in [-0.3, -0.25) is 4.79 Å². The zero-order valence-electron chi connectivity index (χ0n) is 12.3. The Morgan fingerprint density at radius 1 is 1.43 bits per heavy atom. The van der Waals surface area contributed by atoms with Gasteiger partial charge in [0.15, 0.2) is 0 Å². The van der Waals surface area contributed by atoms with Crippen molar-refractivity contribution in [3.05, 3.63) is 57.2 Å². The van der Waals surface area contributed by atoms with Gasteiger partial charge in [-0.1, -0.05) is 30.4 Å². The highest BCUT2D eigenvalue weighted by molar-refractivity contribution is 14.1. The molecule has 1 atom stereocenters. The molecule has 1 N–H and O–H groups in total. The molecule has 0 spiro atoms. The first-order valence-electron chi connectivity index (χ1n) is 6.93. The zero-order valence-corrected chi connectivity index (χ0v) is 14.5. The number of allylic oxidation sites excluding steroid dienone is 3. The van der Waals surface area contributed by atoms with Gasteiger partial charge in [0, 0.05) is 3.57 Å². The number of rotatable bonds is 3. The van der Waals surface area contributed by atoms with Crippen molar-refractivity contribution in [2.75, 3.05) is 0 Å². The Morgan fingerprint density at radius 2 is 2.14 bits per heavy atom. The molecule has 0 aliphatic heterocycles. The minimum absolute atomic E-state index is 0.169. The SMILES string of the molecule is C=C(C)[C@H]1CC=C(C)/C(=N\NC(=O)c2ccccc2I)C1. The van der Waals surface area contributed by atoms with Gasteiger partial charge in [-0.05, 0) is 72.9 Å². The Hall–Kier alpha value is -1.43. The van der Waals surface area contributed by atoms with E-state index >= 15 is 0 Å². The predicted molar refractivity (Wildman–Crippen MR) is 95.4 cm³/mol. The second-order valence-electron chi connectivity index (χ2n) is 5.35. The number of hydrazone groups is 1. The lowest BCUT2D eigenvalue weighted by Crippen LogP contribution is -2.23. The number of amides is 1. The van der Waals surface area contributed by atoms with Crippen molar-refractivity contribution in [3.63, 3.8) is 0 Å². The molecule has 0 bridgehead atoms. The van der Waals surface area contributed by atoms with Gasteiger partial charge in [0.05, 0.1) is 11.3 Å². The van der Waals surface area contributed by atoms with Crippen molar-refractivity contribution in [1.82, 2.24) is 5.43 Å². The minimum atomic E-state index is -0.169. The quantitative estimate of drug-likeness (QED) is 0.463. The number of carbonyl (C=O) groups is 1. The lowest BCUT2D eigenvalue weighted by atomic mass is 9.85. The summed E-state index contributed by atoms with van der Waals surface area (Å²) in [5.74, 6) is 0.249. The normalized spacial score (nSPS) is 20.0. The topological polar surface area (TPSA) is 41.5 Å². The Bertz CT molecular complexity index is 631. The van der Waals surface area contributed by atoms with Crippen LogP contribution in [-0.4, -0.2) is 11.6 Å². The maximum absolute atomic E-state index is 12.2. The van der Waals surface area contributed by atoms with E-state index in [2.05, 4.69) is 45.8 Å². The van der Waals surface area contributed by atoms with E-state index in [4.69, 9.17) is 0 Å². The summed E-state index contributed by atoms with van der Waals surface area (Å²) in [6.45, 7) is 8.10. The molecule has 1 aromatic carbocycles. The highest BCUT2D eigenvalue weighted by Crippen LogP contribution is 2.26. The third-order valence-electron chi connectivity index (χ3n) is 3.71. The number of hydrogen-bond donors (Lipinski definition) is 1. The summed E-state index contributed by atoms with van der Waals surface area (Å²) < 4.78 is 0.920. The van der Waals surface area contributed by atoms with Crippen LogP contribution in [0.15, 0.2) is 53.2 Å².